The van der Waals surface area contributed by atoms with Gasteiger partial charge in [-0.15, -0.1) is 6.58 Å². The third-order valence-electron chi connectivity index (χ3n) is 2.14. The standard InChI is InChI=1S/C13H26O4/c1-5-7-15-9-12(3)17-11-13(14-4)10-16-8-6-2/h6,12-13H,2,5,7-11H2,1,3-4H3. The lowest BCUT2D eigenvalue weighted by Crippen LogP contribution is -2.28. The van der Waals surface area contributed by atoms with Crippen molar-refractivity contribution in [2.45, 2.75) is 32.5 Å². The molecule has 0 aromatic heterocycles. The van der Waals surface area contributed by atoms with E-state index in [0.717, 1.165) is 13.0 Å². The Morgan fingerprint density at radius 2 is 1.94 bits per heavy atom. The summed E-state index contributed by atoms with van der Waals surface area (Å²) in [6, 6.07) is 0. The van der Waals surface area contributed by atoms with Gasteiger partial charge in [-0.25, -0.2) is 0 Å². The molecule has 2 unspecified atom stereocenters. The van der Waals surface area contributed by atoms with Gasteiger partial charge in [-0.3, -0.25) is 0 Å². The van der Waals surface area contributed by atoms with Crippen LogP contribution in [0, 0.1) is 0 Å². The Kier molecular flexibility index (Phi) is 11.8. The topological polar surface area (TPSA) is 36.9 Å². The summed E-state index contributed by atoms with van der Waals surface area (Å²) in [5.74, 6) is 0. The Balaban J connectivity index is 3.55. The Morgan fingerprint density at radius 1 is 1.18 bits per heavy atom. The van der Waals surface area contributed by atoms with Gasteiger partial charge in [0.25, 0.3) is 0 Å². The van der Waals surface area contributed by atoms with Crippen molar-refractivity contribution in [2.24, 2.45) is 0 Å². The molecule has 0 aliphatic rings. The van der Waals surface area contributed by atoms with Gasteiger partial charge < -0.3 is 18.9 Å². The highest BCUT2D eigenvalue weighted by molar-refractivity contribution is 4.65. The van der Waals surface area contributed by atoms with Gasteiger partial charge in [-0.05, 0) is 13.3 Å². The zero-order valence-corrected chi connectivity index (χ0v) is 11.3. The van der Waals surface area contributed by atoms with Crippen molar-refractivity contribution in [3.63, 3.8) is 0 Å². The van der Waals surface area contributed by atoms with Crippen LogP contribution in [0.2, 0.25) is 0 Å². The minimum absolute atomic E-state index is 0.0384. The number of hydrogen-bond donors (Lipinski definition) is 0. The fourth-order valence-corrected chi connectivity index (χ4v) is 1.18. The van der Waals surface area contributed by atoms with Crippen molar-refractivity contribution in [2.75, 3.05) is 40.1 Å². The first kappa shape index (κ1) is 16.6. The molecule has 17 heavy (non-hydrogen) atoms. The molecule has 0 saturated carbocycles. The van der Waals surface area contributed by atoms with Crippen molar-refractivity contribution in [1.29, 1.82) is 0 Å². The summed E-state index contributed by atoms with van der Waals surface area (Å²) >= 11 is 0. The van der Waals surface area contributed by atoms with Crippen LogP contribution in [0.15, 0.2) is 12.7 Å². The molecule has 0 rings (SSSR count). The Labute approximate surface area is 105 Å². The van der Waals surface area contributed by atoms with Crippen molar-refractivity contribution < 1.29 is 18.9 Å². The van der Waals surface area contributed by atoms with Crippen molar-refractivity contribution in [3.8, 4) is 0 Å². The van der Waals surface area contributed by atoms with E-state index >= 15 is 0 Å². The second kappa shape index (κ2) is 12.0. The van der Waals surface area contributed by atoms with E-state index < -0.39 is 0 Å². The zero-order valence-electron chi connectivity index (χ0n) is 11.3. The van der Waals surface area contributed by atoms with Crippen molar-refractivity contribution in [1.82, 2.24) is 0 Å². The molecule has 0 saturated heterocycles. The van der Waals surface area contributed by atoms with E-state index in [1.54, 1.807) is 13.2 Å². The molecule has 0 spiro atoms. The van der Waals surface area contributed by atoms with Crippen LogP contribution < -0.4 is 0 Å². The molecule has 0 N–H and O–H groups in total. The molecular weight excluding hydrogens is 220 g/mol. The molecule has 0 fully saturated rings. The normalized spacial score (nSPS) is 14.5. The van der Waals surface area contributed by atoms with E-state index in [1.165, 1.54) is 0 Å². The summed E-state index contributed by atoms with van der Waals surface area (Å²) in [5, 5.41) is 0. The van der Waals surface area contributed by atoms with Gasteiger partial charge in [-0.1, -0.05) is 13.0 Å². The first-order chi connectivity index (χ1) is 8.24. The maximum Gasteiger partial charge on any atom is 0.104 e. The highest BCUT2D eigenvalue weighted by Crippen LogP contribution is 1.99. The van der Waals surface area contributed by atoms with E-state index in [1.807, 2.05) is 6.92 Å². The summed E-state index contributed by atoms with van der Waals surface area (Å²) in [6.07, 6.45) is 2.79. The molecule has 102 valence electrons. The quantitative estimate of drug-likeness (QED) is 0.390. The van der Waals surface area contributed by atoms with Crippen LogP contribution in [-0.4, -0.2) is 52.4 Å². The molecule has 0 aromatic rings. The van der Waals surface area contributed by atoms with Crippen molar-refractivity contribution in [3.05, 3.63) is 12.7 Å². The molecule has 0 heterocycles. The van der Waals surface area contributed by atoms with Crippen LogP contribution in [0.5, 0.6) is 0 Å². The number of methoxy groups -OCH3 is 1. The van der Waals surface area contributed by atoms with Crippen LogP contribution >= 0.6 is 0 Å². The first-order valence-electron chi connectivity index (χ1n) is 6.15. The fraction of sp³-hybridized carbons (Fsp3) is 0.846. The minimum Gasteiger partial charge on any atom is -0.379 e. The second-order valence-corrected chi connectivity index (χ2v) is 3.90. The maximum atomic E-state index is 5.62. The van der Waals surface area contributed by atoms with Crippen LogP contribution in [0.3, 0.4) is 0 Å². The Hall–Kier alpha value is -0.420. The summed E-state index contributed by atoms with van der Waals surface area (Å²) in [6.45, 7) is 10.6. The molecule has 0 amide bonds. The predicted molar refractivity (Wildman–Crippen MR) is 68.3 cm³/mol. The lowest BCUT2D eigenvalue weighted by atomic mass is 10.4. The van der Waals surface area contributed by atoms with Gasteiger partial charge in [0, 0.05) is 13.7 Å². The van der Waals surface area contributed by atoms with E-state index in [-0.39, 0.29) is 12.2 Å². The van der Waals surface area contributed by atoms with Crippen LogP contribution in [0.25, 0.3) is 0 Å². The minimum atomic E-state index is -0.0384. The average Bonchev–Trinajstić information content (AvgIpc) is 2.34. The summed E-state index contributed by atoms with van der Waals surface area (Å²) < 4.78 is 21.6. The first-order valence-corrected chi connectivity index (χ1v) is 6.15. The van der Waals surface area contributed by atoms with E-state index in [2.05, 4.69) is 13.5 Å². The molecule has 0 aliphatic carbocycles. The monoisotopic (exact) mass is 246 g/mol. The van der Waals surface area contributed by atoms with Gasteiger partial charge in [0.1, 0.15) is 6.10 Å². The molecule has 2 atom stereocenters. The predicted octanol–water partition coefficient (Wildman–Crippen LogP) is 2.04. The van der Waals surface area contributed by atoms with E-state index in [4.69, 9.17) is 18.9 Å². The number of ether oxygens (including phenoxy) is 4. The third kappa shape index (κ3) is 10.5. The Bertz CT molecular complexity index is 173. The molecular formula is C13H26O4. The maximum absolute atomic E-state index is 5.62. The molecule has 4 heteroatoms. The van der Waals surface area contributed by atoms with Crippen LogP contribution in [0.1, 0.15) is 20.3 Å². The average molecular weight is 246 g/mol. The summed E-state index contributed by atoms with van der Waals surface area (Å²) in [4.78, 5) is 0. The largest absolute Gasteiger partial charge is 0.379 e. The molecule has 0 aliphatic heterocycles. The molecule has 4 nitrogen and oxygen atoms in total. The van der Waals surface area contributed by atoms with Gasteiger partial charge >= 0.3 is 0 Å². The summed E-state index contributed by atoms with van der Waals surface area (Å²) in [5.41, 5.74) is 0. The molecule has 0 radical (unpaired) electrons. The van der Waals surface area contributed by atoms with Gasteiger partial charge in [0.05, 0.1) is 32.5 Å². The van der Waals surface area contributed by atoms with Crippen LogP contribution in [0.4, 0.5) is 0 Å². The van der Waals surface area contributed by atoms with Crippen molar-refractivity contribution >= 4 is 0 Å². The molecule has 0 aromatic carbocycles. The van der Waals surface area contributed by atoms with Gasteiger partial charge in [0.2, 0.25) is 0 Å². The van der Waals surface area contributed by atoms with Crippen LogP contribution in [-0.2, 0) is 18.9 Å². The SMILES string of the molecule is C=CCOCC(COC(C)COCCC)OC. The third-order valence-corrected chi connectivity index (χ3v) is 2.14. The lowest BCUT2D eigenvalue weighted by Gasteiger charge is -2.19. The highest BCUT2D eigenvalue weighted by atomic mass is 16.6. The Morgan fingerprint density at radius 3 is 2.53 bits per heavy atom. The van der Waals surface area contributed by atoms with Gasteiger partial charge in [-0.2, -0.15) is 0 Å². The lowest BCUT2D eigenvalue weighted by molar-refractivity contribution is -0.0725. The highest BCUT2D eigenvalue weighted by Gasteiger charge is 2.10. The smallest absolute Gasteiger partial charge is 0.104 e. The fourth-order valence-electron chi connectivity index (χ4n) is 1.18. The zero-order chi connectivity index (χ0) is 12.9. The number of rotatable bonds is 12. The second-order valence-electron chi connectivity index (χ2n) is 3.90. The van der Waals surface area contributed by atoms with E-state index in [0.29, 0.717) is 26.4 Å². The summed E-state index contributed by atoms with van der Waals surface area (Å²) in [7, 11) is 1.66. The number of hydrogen-bond acceptors (Lipinski definition) is 4. The molecule has 0 bridgehead atoms. The van der Waals surface area contributed by atoms with E-state index in [9.17, 15) is 0 Å². The van der Waals surface area contributed by atoms with Gasteiger partial charge in [0.15, 0.2) is 0 Å².